The topological polar surface area (TPSA) is 713 Å². The van der Waals surface area contributed by atoms with Crippen molar-refractivity contribution in [1.29, 1.82) is 0 Å². The normalized spacial score (nSPS) is 28.1. The maximum atomic E-state index is 14.5. The van der Waals surface area contributed by atoms with Gasteiger partial charge in [-0.05, 0) is 19.1 Å². The highest BCUT2D eigenvalue weighted by molar-refractivity contribution is 7.58. The second-order valence-electron chi connectivity index (χ2n) is 31.7. The number of carbonyl (C=O) groups is 11. The summed E-state index contributed by atoms with van der Waals surface area (Å²) in [5.74, 6) is -5.99. The summed E-state index contributed by atoms with van der Waals surface area (Å²) in [6, 6.07) is -4.74. The van der Waals surface area contributed by atoms with Crippen molar-refractivity contribution in [1.82, 2.24) is 56.3 Å². The molecular weight excluding hydrogens is 1730 g/mol. The summed E-state index contributed by atoms with van der Waals surface area (Å²) in [6.45, 7) is -0.795. The van der Waals surface area contributed by atoms with Crippen LogP contribution in [0.5, 0.6) is 0 Å². The Balaban J connectivity index is 1.01. The summed E-state index contributed by atoms with van der Waals surface area (Å²) in [6.07, 6.45) is -18.8. The van der Waals surface area contributed by atoms with Crippen LogP contribution in [0.1, 0.15) is 137 Å². The Hall–Kier alpha value is -7.15. The molecule has 5 aliphatic rings. The zero-order chi connectivity index (χ0) is 93.5. The van der Waals surface area contributed by atoms with E-state index in [9.17, 15) is 118 Å². The van der Waals surface area contributed by atoms with Gasteiger partial charge in [0.25, 0.3) is 0 Å². The minimum absolute atomic E-state index is 0.0426. The summed E-state index contributed by atoms with van der Waals surface area (Å²) in [4.78, 5) is 179. The van der Waals surface area contributed by atoms with Crippen LogP contribution in [0, 0.1) is 0 Å². The number of aliphatic hydroxyl groups excluding tert-OH is 10. The summed E-state index contributed by atoms with van der Waals surface area (Å²) >= 11 is 0. The largest absolute Gasteiger partial charge is 0.394 e. The summed E-state index contributed by atoms with van der Waals surface area (Å²) in [7, 11) is -8.37. The Morgan fingerprint density at radius 1 is 0.543 bits per heavy atom. The molecule has 2 aromatic rings. The number of aliphatic hydroxyl groups is 10. The summed E-state index contributed by atoms with van der Waals surface area (Å²) < 4.78 is 89.9. The van der Waals surface area contributed by atoms with Gasteiger partial charge in [0, 0.05) is 117 Å². The number of nitrogens with one attached hydrogen (secondary N) is 6. The van der Waals surface area contributed by atoms with E-state index < -0.39 is 267 Å². The fraction of sp³-hybridized carbons (Fsp3) is 0.776. The van der Waals surface area contributed by atoms with Gasteiger partial charge in [-0.3, -0.25) is 61.9 Å². The molecule has 2 aromatic heterocycles. The van der Waals surface area contributed by atoms with Crippen LogP contribution in [-0.2, 0) is 118 Å². The third-order valence-corrected chi connectivity index (χ3v) is 24.1. The summed E-state index contributed by atoms with van der Waals surface area (Å²) in [5, 5.41) is 118. The van der Waals surface area contributed by atoms with Gasteiger partial charge in [0.1, 0.15) is 126 Å². The van der Waals surface area contributed by atoms with Crippen molar-refractivity contribution in [3.8, 4) is 0 Å². The monoisotopic (exact) mass is 1860 g/mol. The molecule has 0 aliphatic carbocycles. The van der Waals surface area contributed by atoms with Crippen molar-refractivity contribution in [2.45, 2.75) is 265 Å². The molecule has 7 heterocycles. The fourth-order valence-electron chi connectivity index (χ4n) is 14.2. The average molecular weight is 1860 g/mol. The highest BCUT2D eigenvalue weighted by Gasteiger charge is 2.50. The zero-order valence-corrected chi connectivity index (χ0v) is 73.2. The molecular formula is C76H124N12O37P2. The number of Topliss-reactive ketones (excluding diaryl/α,β-unsaturated/α-hetero) is 4. The lowest BCUT2D eigenvalue weighted by molar-refractivity contribution is -0.270. The molecule has 0 aromatic carbocycles. The lowest BCUT2D eigenvalue weighted by Crippen LogP contribution is -2.64. The second-order valence-corrected chi connectivity index (χ2v) is 35.8. The Morgan fingerprint density at radius 3 is 1.44 bits per heavy atom. The number of anilines is 1. The van der Waals surface area contributed by atoms with E-state index in [1.54, 1.807) is 0 Å². The van der Waals surface area contributed by atoms with Gasteiger partial charge < -0.3 is 164 Å². The molecule has 7 rings (SSSR count). The van der Waals surface area contributed by atoms with Gasteiger partial charge in [-0.2, -0.15) is 0 Å². The van der Waals surface area contributed by atoms with E-state index in [0.29, 0.717) is 0 Å². The molecule has 20 N–H and O–H groups in total. The third-order valence-electron chi connectivity index (χ3n) is 21.1. The molecule has 0 saturated carbocycles. The first kappa shape index (κ1) is 107. The fourth-order valence-corrected chi connectivity index (χ4v) is 15.9. The first-order chi connectivity index (χ1) is 60.2. The minimum atomic E-state index is -4.19. The van der Waals surface area contributed by atoms with Crippen molar-refractivity contribution in [2.24, 2.45) is 0 Å². The molecule has 23 atom stereocenters. The van der Waals surface area contributed by atoms with Crippen LogP contribution in [-0.4, -0.2) is 396 Å². The average Bonchev–Trinajstić information content (AvgIpc) is 1.65. The molecule has 49 nitrogen and oxygen atoms in total. The molecule has 5 fully saturated rings. The standard InChI is InChI=1S/C76H124N12O37P2/c1-41(2)127(111,112)120-35-55-51(29-60(121-55)88-40-82-64-71(77)80-39-81-72(64)88)125-126(6,110)119-34-45-28-50(99)30-87(45)59(103)11-10-58(102)86-76(36-113-22-14-46(95)8-7-9-47(96)16-25-116-73-61(83-42(3)92)68(107)65(104)52(31-89)122-73,37-114-23-15-48(97)12-20-79-57(101)19-27-118-75-63(85-44(5)94)70(109)67(106)54(33-91)124-75)38-115-24-18-56(100)78-21-13-49(98)17-26-117-74-62(84-43(4)93)69(108)66(105)53(32-90)123-74/h39-41,45,50-55,60-63,65-70,73-75,89-91,99,104-110H,6-38H2,1-5H3,(H,78,100)(H,79,101)(H,83,92)(H,84,93)(H,85,94)(H,86,102)(H,111,112)(H2,77,80,81)/t45-,50+,51-,52?,53?,54?,55+,60+,61?,62?,63?,65-,66-,67-,68+,69+,70+,73+,74+,75+,76?,126?/m0/s1. The Morgan fingerprint density at radius 2 is 0.984 bits per heavy atom. The molecule has 0 spiro atoms. The van der Waals surface area contributed by atoms with Crippen LogP contribution in [0.4, 0.5) is 5.82 Å². The SMILES string of the molecule is C=P(O)(OC[C@@H]1C[C@@H](O)CN1C(=O)CCC(=O)NC(COCCC(=O)CCCC(=O)CCO[C@@H]1OC(CO)[C@H](O)[C@H](O)C1NC(C)=O)(COCCC(=O)CCNC(=O)CCO[C@@H]1OC(CO)[C@H](O)[C@H](O)C1NC(C)=O)COCCC(=O)NCCC(=O)CCO[C@@H]1OC(CO)[C@H](O)[C@H](O)C1NC(C)=O)O[C@H]1C[C@H](n2cnc3c(N)ncnc32)O[C@@H]1COP(=O)(O)C(C)C. The van der Waals surface area contributed by atoms with Crippen LogP contribution < -0.4 is 37.6 Å². The number of carbonyl (C=O) groups excluding carboxylic acids is 11. The van der Waals surface area contributed by atoms with Crippen molar-refractivity contribution in [2.75, 3.05) is 118 Å². The Labute approximate surface area is 730 Å². The number of hydrogen-bond acceptors (Lipinski definition) is 40. The van der Waals surface area contributed by atoms with Gasteiger partial charge in [-0.1, -0.05) is 13.8 Å². The van der Waals surface area contributed by atoms with Crippen LogP contribution >= 0.6 is 15.2 Å². The van der Waals surface area contributed by atoms with Gasteiger partial charge >= 0.3 is 7.60 Å². The number of rotatable bonds is 57. The van der Waals surface area contributed by atoms with E-state index in [1.807, 2.05) is 0 Å². The van der Waals surface area contributed by atoms with E-state index in [4.69, 9.17) is 66.7 Å². The number of ketones is 4. The van der Waals surface area contributed by atoms with E-state index in [-0.39, 0.29) is 171 Å². The van der Waals surface area contributed by atoms with Crippen LogP contribution in [0.15, 0.2) is 12.7 Å². The first-order valence-electron chi connectivity index (χ1n) is 41.7. The number of ether oxygens (including phenoxy) is 10. The number of nitrogen functional groups attached to an aromatic ring is 1. The number of amides is 7. The van der Waals surface area contributed by atoms with Crippen LogP contribution in [0.2, 0.25) is 0 Å². The van der Waals surface area contributed by atoms with E-state index in [2.05, 4.69) is 53.2 Å². The summed E-state index contributed by atoms with van der Waals surface area (Å²) in [5.41, 5.74) is 3.95. The smallest absolute Gasteiger partial charge is 0.330 e. The molecule has 7 amide bonds. The van der Waals surface area contributed by atoms with Gasteiger partial charge in [0.2, 0.25) is 48.9 Å². The highest BCUT2D eigenvalue weighted by atomic mass is 31.2. The molecule has 720 valence electrons. The van der Waals surface area contributed by atoms with Crippen molar-refractivity contribution in [3.63, 3.8) is 0 Å². The maximum Gasteiger partial charge on any atom is 0.330 e. The van der Waals surface area contributed by atoms with Gasteiger partial charge in [-0.15, -0.1) is 0 Å². The molecule has 9 unspecified atom stereocenters. The first-order valence-corrected chi connectivity index (χ1v) is 45.1. The van der Waals surface area contributed by atoms with Crippen molar-refractivity contribution >= 4 is 103 Å². The quantitative estimate of drug-likeness (QED) is 0.0216. The number of β-amino-alcohol motifs (C(OH)–C–C–N with tert-alkyl or cyclic N) is 1. The van der Waals surface area contributed by atoms with E-state index >= 15 is 0 Å². The van der Waals surface area contributed by atoms with Gasteiger partial charge in [0.05, 0.1) is 129 Å². The number of nitrogens with zero attached hydrogens (tertiary/aromatic N) is 5. The van der Waals surface area contributed by atoms with Crippen molar-refractivity contribution in [3.05, 3.63) is 12.7 Å². The Kier molecular flexibility index (Phi) is 43.9. The number of aromatic nitrogens is 4. The Bertz CT molecular complexity index is 3800. The van der Waals surface area contributed by atoms with Gasteiger partial charge in [-0.25, -0.2) is 15.0 Å². The maximum absolute atomic E-state index is 14.5. The highest BCUT2D eigenvalue weighted by Crippen LogP contribution is 2.51. The number of hydrogen-bond donors (Lipinski definition) is 19. The van der Waals surface area contributed by atoms with E-state index in [0.717, 1.165) is 20.8 Å². The number of imidazole rings is 1. The number of fused-ring (bicyclic) bond motifs is 1. The molecule has 0 radical (unpaired) electrons. The second kappa shape index (κ2) is 52.2. The van der Waals surface area contributed by atoms with Crippen LogP contribution in [0.25, 0.3) is 11.2 Å². The zero-order valence-electron chi connectivity index (χ0n) is 71.4. The molecule has 5 saturated heterocycles. The molecule has 5 aliphatic heterocycles. The number of likely N-dealkylation sites (tertiary alicyclic amines) is 1. The third kappa shape index (κ3) is 33.9. The van der Waals surface area contributed by atoms with Crippen LogP contribution in [0.3, 0.4) is 0 Å². The molecule has 0 bridgehead atoms. The lowest BCUT2D eigenvalue weighted by atomic mass is 9.97. The number of nitrogens with two attached hydrogens (primary N) is 1. The predicted molar refractivity (Wildman–Crippen MR) is 436 cm³/mol. The minimum Gasteiger partial charge on any atom is -0.394 e. The van der Waals surface area contributed by atoms with E-state index in [1.165, 1.54) is 36.0 Å². The lowest BCUT2D eigenvalue weighted by Gasteiger charge is -2.42. The van der Waals surface area contributed by atoms with Gasteiger partial charge in [0.15, 0.2) is 30.3 Å². The van der Waals surface area contributed by atoms with Crippen molar-refractivity contribution < 1.29 is 179 Å². The predicted octanol–water partition coefficient (Wildman–Crippen LogP) is -6.78. The molecule has 127 heavy (non-hydrogen) atoms. The molecule has 51 heteroatoms.